The Morgan fingerprint density at radius 2 is 2.00 bits per heavy atom. The maximum absolute atomic E-state index is 11.5. The second kappa shape index (κ2) is 6.33. The van der Waals surface area contributed by atoms with Crippen molar-refractivity contribution in [3.05, 3.63) is 35.4 Å². The number of ether oxygens (including phenoxy) is 1. The second-order valence-electron chi connectivity index (χ2n) is 5.18. The Bertz CT molecular complexity index is 464. The van der Waals surface area contributed by atoms with Crippen molar-refractivity contribution in [2.24, 2.45) is 5.73 Å². The van der Waals surface area contributed by atoms with Crippen LogP contribution in [0.15, 0.2) is 24.3 Å². The average Bonchev–Trinajstić information content (AvgIpc) is 2.34. The number of amides is 1. The van der Waals surface area contributed by atoms with Gasteiger partial charge in [-0.1, -0.05) is 18.2 Å². The van der Waals surface area contributed by atoms with Crippen LogP contribution >= 0.6 is 0 Å². The van der Waals surface area contributed by atoms with E-state index in [2.05, 4.69) is 5.32 Å². The first-order chi connectivity index (χ1) is 8.81. The Kier molecular flexibility index (Phi) is 5.06. The molecule has 0 atom stereocenters. The maximum Gasteiger partial charge on any atom is 0.407 e. The first-order valence-electron chi connectivity index (χ1n) is 6.11. The van der Waals surface area contributed by atoms with Gasteiger partial charge >= 0.3 is 6.09 Å². The van der Waals surface area contributed by atoms with Gasteiger partial charge in [-0.05, 0) is 32.4 Å². The van der Waals surface area contributed by atoms with Crippen LogP contribution in [-0.2, 0) is 11.3 Å². The molecule has 0 unspecified atom stereocenters. The number of hydrogen-bond acceptors (Lipinski definition) is 4. The number of hydrogen-bond donors (Lipinski definition) is 2. The number of ketones is 1. The van der Waals surface area contributed by atoms with E-state index >= 15 is 0 Å². The standard InChI is InChI=1S/C14H20N2O3/c1-14(2,3)19-13(18)16-9-10-5-4-6-11(7-10)12(17)8-15/h4-7H,8-9,15H2,1-3H3,(H,16,18). The van der Waals surface area contributed by atoms with Crippen molar-refractivity contribution in [2.75, 3.05) is 6.54 Å². The van der Waals surface area contributed by atoms with Gasteiger partial charge in [-0.3, -0.25) is 4.79 Å². The summed E-state index contributed by atoms with van der Waals surface area (Å²) in [5.41, 5.74) is 6.15. The van der Waals surface area contributed by atoms with Crippen molar-refractivity contribution in [2.45, 2.75) is 32.9 Å². The normalized spacial score (nSPS) is 10.9. The Balaban J connectivity index is 2.59. The summed E-state index contributed by atoms with van der Waals surface area (Å²) < 4.78 is 5.12. The van der Waals surface area contributed by atoms with Crippen molar-refractivity contribution in [1.82, 2.24) is 5.32 Å². The topological polar surface area (TPSA) is 81.4 Å². The van der Waals surface area contributed by atoms with Crippen LogP contribution in [0.3, 0.4) is 0 Å². The molecular formula is C14H20N2O3. The molecule has 1 aromatic carbocycles. The molecule has 0 heterocycles. The molecule has 0 spiro atoms. The van der Waals surface area contributed by atoms with Crippen molar-refractivity contribution in [3.63, 3.8) is 0 Å². The molecule has 0 aromatic heterocycles. The Morgan fingerprint density at radius 3 is 2.58 bits per heavy atom. The quantitative estimate of drug-likeness (QED) is 0.813. The molecule has 3 N–H and O–H groups in total. The van der Waals surface area contributed by atoms with Crippen molar-refractivity contribution < 1.29 is 14.3 Å². The molecule has 0 fully saturated rings. The van der Waals surface area contributed by atoms with Crippen LogP contribution in [0.4, 0.5) is 4.79 Å². The van der Waals surface area contributed by atoms with Crippen LogP contribution in [0.1, 0.15) is 36.7 Å². The van der Waals surface area contributed by atoms with Crippen LogP contribution in [0.2, 0.25) is 0 Å². The lowest BCUT2D eigenvalue weighted by Gasteiger charge is -2.19. The number of nitrogens with two attached hydrogens (primary N) is 1. The summed E-state index contributed by atoms with van der Waals surface area (Å²) in [4.78, 5) is 22.9. The lowest BCUT2D eigenvalue weighted by molar-refractivity contribution is 0.0523. The zero-order valence-corrected chi connectivity index (χ0v) is 11.5. The highest BCUT2D eigenvalue weighted by atomic mass is 16.6. The van der Waals surface area contributed by atoms with Crippen LogP contribution in [0.5, 0.6) is 0 Å². The molecular weight excluding hydrogens is 244 g/mol. The van der Waals surface area contributed by atoms with Crippen molar-refractivity contribution in [1.29, 1.82) is 0 Å². The lowest BCUT2D eigenvalue weighted by atomic mass is 10.1. The highest BCUT2D eigenvalue weighted by Gasteiger charge is 2.15. The molecule has 104 valence electrons. The number of rotatable bonds is 4. The Labute approximate surface area is 113 Å². The highest BCUT2D eigenvalue weighted by Crippen LogP contribution is 2.08. The van der Waals surface area contributed by atoms with E-state index in [0.717, 1.165) is 5.56 Å². The Morgan fingerprint density at radius 1 is 1.32 bits per heavy atom. The van der Waals surface area contributed by atoms with E-state index in [4.69, 9.17) is 10.5 Å². The van der Waals surface area contributed by atoms with E-state index in [1.807, 2.05) is 6.07 Å². The fourth-order valence-electron chi connectivity index (χ4n) is 1.46. The molecule has 0 radical (unpaired) electrons. The van der Waals surface area contributed by atoms with Gasteiger partial charge in [-0.25, -0.2) is 4.79 Å². The summed E-state index contributed by atoms with van der Waals surface area (Å²) in [7, 11) is 0. The molecule has 0 saturated heterocycles. The minimum atomic E-state index is -0.526. The molecule has 0 aliphatic heterocycles. The second-order valence-corrected chi connectivity index (χ2v) is 5.18. The van der Waals surface area contributed by atoms with Gasteiger partial charge in [0, 0.05) is 12.1 Å². The molecule has 0 bridgehead atoms. The predicted molar refractivity (Wildman–Crippen MR) is 72.9 cm³/mol. The summed E-state index contributed by atoms with van der Waals surface area (Å²) in [5.74, 6) is -0.126. The van der Waals surface area contributed by atoms with E-state index < -0.39 is 11.7 Å². The fraction of sp³-hybridized carbons (Fsp3) is 0.429. The van der Waals surface area contributed by atoms with Gasteiger partial charge in [0.25, 0.3) is 0 Å². The molecule has 0 aliphatic carbocycles. The summed E-state index contributed by atoms with van der Waals surface area (Å²) >= 11 is 0. The molecule has 1 aromatic rings. The minimum Gasteiger partial charge on any atom is -0.444 e. The third kappa shape index (κ3) is 5.52. The molecule has 1 rings (SSSR count). The zero-order chi connectivity index (χ0) is 14.5. The number of benzene rings is 1. The minimum absolute atomic E-state index is 0.0249. The first-order valence-corrected chi connectivity index (χ1v) is 6.11. The predicted octanol–water partition coefficient (Wildman–Crippen LogP) is 1.85. The number of alkyl carbamates (subject to hydrolysis) is 1. The van der Waals surface area contributed by atoms with Crippen LogP contribution in [0.25, 0.3) is 0 Å². The van der Waals surface area contributed by atoms with Gasteiger partial charge < -0.3 is 15.8 Å². The van der Waals surface area contributed by atoms with E-state index in [0.29, 0.717) is 12.1 Å². The zero-order valence-electron chi connectivity index (χ0n) is 11.5. The molecule has 0 aliphatic rings. The third-order valence-electron chi connectivity index (χ3n) is 2.27. The lowest BCUT2D eigenvalue weighted by Crippen LogP contribution is -2.32. The van der Waals surface area contributed by atoms with Gasteiger partial charge in [-0.2, -0.15) is 0 Å². The summed E-state index contributed by atoms with van der Waals surface area (Å²) in [6.07, 6.45) is -0.483. The maximum atomic E-state index is 11.5. The smallest absolute Gasteiger partial charge is 0.407 e. The number of carbonyl (C=O) groups excluding carboxylic acids is 2. The molecule has 5 nitrogen and oxygen atoms in total. The van der Waals surface area contributed by atoms with Crippen molar-refractivity contribution in [3.8, 4) is 0 Å². The first kappa shape index (κ1) is 15.2. The largest absolute Gasteiger partial charge is 0.444 e. The van der Waals surface area contributed by atoms with E-state index in [1.165, 1.54) is 0 Å². The van der Waals surface area contributed by atoms with Crippen LogP contribution in [-0.4, -0.2) is 24.0 Å². The molecule has 19 heavy (non-hydrogen) atoms. The van der Waals surface area contributed by atoms with Gasteiger partial charge in [0.2, 0.25) is 0 Å². The monoisotopic (exact) mass is 264 g/mol. The molecule has 5 heteroatoms. The van der Waals surface area contributed by atoms with Gasteiger partial charge in [0.05, 0.1) is 6.54 Å². The third-order valence-corrected chi connectivity index (χ3v) is 2.27. The van der Waals surface area contributed by atoms with Gasteiger partial charge in [0.15, 0.2) is 5.78 Å². The number of carbonyl (C=O) groups is 2. The Hall–Kier alpha value is -1.88. The van der Waals surface area contributed by atoms with Crippen molar-refractivity contribution >= 4 is 11.9 Å². The van der Waals surface area contributed by atoms with Crippen LogP contribution < -0.4 is 11.1 Å². The molecule has 0 saturated carbocycles. The van der Waals surface area contributed by atoms with Crippen LogP contribution in [0, 0.1) is 0 Å². The van der Waals surface area contributed by atoms with Gasteiger partial charge in [0.1, 0.15) is 5.60 Å². The summed E-state index contributed by atoms with van der Waals surface area (Å²) in [5, 5.41) is 2.64. The van der Waals surface area contributed by atoms with E-state index in [1.54, 1.807) is 39.0 Å². The summed E-state index contributed by atoms with van der Waals surface area (Å²) in [6, 6.07) is 7.00. The van der Waals surface area contributed by atoms with E-state index in [-0.39, 0.29) is 12.3 Å². The highest BCUT2D eigenvalue weighted by molar-refractivity contribution is 5.97. The SMILES string of the molecule is CC(C)(C)OC(=O)NCc1cccc(C(=O)CN)c1. The number of nitrogens with one attached hydrogen (secondary N) is 1. The average molecular weight is 264 g/mol. The van der Waals surface area contributed by atoms with Gasteiger partial charge in [-0.15, -0.1) is 0 Å². The van der Waals surface area contributed by atoms with E-state index in [9.17, 15) is 9.59 Å². The fourth-order valence-corrected chi connectivity index (χ4v) is 1.46. The molecule has 1 amide bonds. The summed E-state index contributed by atoms with van der Waals surface area (Å²) in [6.45, 7) is 5.68. The number of Topliss-reactive ketones (excluding diaryl/α,β-unsaturated/α-hetero) is 1.